The number of rotatable bonds is 4. The molecule has 0 aliphatic rings. The quantitative estimate of drug-likeness (QED) is 0.808. The molecule has 2 aromatic rings. The zero-order chi connectivity index (χ0) is 13.0. The Labute approximate surface area is 114 Å². The minimum atomic E-state index is 0.145. The second-order valence-corrected chi connectivity index (χ2v) is 5.30. The van der Waals surface area contributed by atoms with Gasteiger partial charge in [0.15, 0.2) is 10.8 Å². The van der Waals surface area contributed by atoms with Crippen LogP contribution in [0.5, 0.6) is 0 Å². The molecule has 0 aromatic carbocycles. The van der Waals surface area contributed by atoms with Crippen molar-refractivity contribution in [3.8, 4) is 0 Å². The van der Waals surface area contributed by atoms with Crippen LogP contribution >= 0.6 is 23.4 Å². The van der Waals surface area contributed by atoms with E-state index in [1.807, 2.05) is 18.2 Å². The molecular weight excluding hydrogens is 270 g/mol. The van der Waals surface area contributed by atoms with Gasteiger partial charge in [-0.3, -0.25) is 4.79 Å². The average molecular weight is 282 g/mol. The van der Waals surface area contributed by atoms with Gasteiger partial charge in [-0.1, -0.05) is 29.4 Å². The summed E-state index contributed by atoms with van der Waals surface area (Å²) < 4.78 is 1.69. The van der Waals surface area contributed by atoms with Crippen molar-refractivity contribution in [2.24, 2.45) is 0 Å². The first kappa shape index (κ1) is 13.1. The highest BCUT2D eigenvalue weighted by molar-refractivity contribution is 8.13. The molecule has 0 saturated carbocycles. The third kappa shape index (κ3) is 3.34. The number of thioether (sulfide) groups is 1. The summed E-state index contributed by atoms with van der Waals surface area (Å²) in [6, 6.07) is 3.53. The molecule has 0 unspecified atom stereocenters. The lowest BCUT2D eigenvalue weighted by Crippen LogP contribution is -1.93. The average Bonchev–Trinajstić information content (AvgIpc) is 2.71. The summed E-state index contributed by atoms with van der Waals surface area (Å²) in [5.74, 6) is 0.788. The van der Waals surface area contributed by atoms with E-state index in [4.69, 9.17) is 11.6 Å². The van der Waals surface area contributed by atoms with E-state index in [1.165, 1.54) is 11.8 Å². The zero-order valence-corrected chi connectivity index (χ0v) is 11.4. The Bertz CT molecular complexity index is 594. The van der Waals surface area contributed by atoms with Gasteiger partial charge in [0, 0.05) is 12.7 Å². The maximum Gasteiger partial charge on any atom is 0.185 e. The van der Waals surface area contributed by atoms with Crippen molar-refractivity contribution in [1.82, 2.24) is 14.6 Å². The SMILES string of the molecule is CC(=O)SCCC=Cc1cnc2ccc(Cl)nn12. The van der Waals surface area contributed by atoms with Crippen LogP contribution in [0.4, 0.5) is 0 Å². The number of nitrogens with zero attached hydrogens (tertiary/aromatic N) is 3. The van der Waals surface area contributed by atoms with Crippen molar-refractivity contribution < 1.29 is 4.79 Å². The second-order valence-electron chi connectivity index (χ2n) is 3.64. The Morgan fingerprint density at radius 3 is 3.17 bits per heavy atom. The van der Waals surface area contributed by atoms with E-state index in [-0.39, 0.29) is 5.12 Å². The summed E-state index contributed by atoms with van der Waals surface area (Å²) in [6.07, 6.45) is 6.51. The molecule has 0 fully saturated rings. The van der Waals surface area contributed by atoms with Gasteiger partial charge < -0.3 is 0 Å². The van der Waals surface area contributed by atoms with Crippen molar-refractivity contribution in [3.05, 3.63) is 35.3 Å². The summed E-state index contributed by atoms with van der Waals surface area (Å²) in [7, 11) is 0. The van der Waals surface area contributed by atoms with Crippen LogP contribution in [-0.4, -0.2) is 25.5 Å². The molecule has 2 rings (SSSR count). The lowest BCUT2D eigenvalue weighted by Gasteiger charge is -1.96. The third-order valence-corrected chi connectivity index (χ3v) is 3.28. The number of hydrogen-bond donors (Lipinski definition) is 0. The van der Waals surface area contributed by atoms with Crippen molar-refractivity contribution >= 4 is 40.2 Å². The fourth-order valence-corrected chi connectivity index (χ4v) is 2.14. The predicted molar refractivity (Wildman–Crippen MR) is 74.8 cm³/mol. The van der Waals surface area contributed by atoms with Gasteiger partial charge in [-0.05, 0) is 24.6 Å². The molecule has 94 valence electrons. The number of allylic oxidation sites excluding steroid dienone is 1. The first-order valence-electron chi connectivity index (χ1n) is 5.47. The van der Waals surface area contributed by atoms with Gasteiger partial charge in [0.1, 0.15) is 5.15 Å². The minimum absolute atomic E-state index is 0.145. The molecule has 0 radical (unpaired) electrons. The van der Waals surface area contributed by atoms with Gasteiger partial charge in [-0.2, -0.15) is 5.10 Å². The molecule has 0 aliphatic heterocycles. The number of carbonyl (C=O) groups is 1. The molecule has 0 atom stereocenters. The Hall–Kier alpha value is -1.33. The molecular formula is C12H12ClN3OS. The van der Waals surface area contributed by atoms with Crippen molar-refractivity contribution in [2.45, 2.75) is 13.3 Å². The molecule has 0 amide bonds. The molecule has 4 nitrogen and oxygen atoms in total. The molecule has 2 heterocycles. The predicted octanol–water partition coefficient (Wildman–Crippen LogP) is 3.07. The smallest absolute Gasteiger partial charge is 0.185 e. The van der Waals surface area contributed by atoms with E-state index in [0.717, 1.165) is 23.5 Å². The van der Waals surface area contributed by atoms with Crippen LogP contribution in [0.1, 0.15) is 19.0 Å². The molecule has 0 aliphatic carbocycles. The maximum absolute atomic E-state index is 10.7. The summed E-state index contributed by atoms with van der Waals surface area (Å²) in [4.78, 5) is 15.0. The number of fused-ring (bicyclic) bond motifs is 1. The topological polar surface area (TPSA) is 47.3 Å². The lowest BCUT2D eigenvalue weighted by molar-refractivity contribution is -0.109. The van der Waals surface area contributed by atoms with Gasteiger partial charge in [0.2, 0.25) is 0 Å². The Morgan fingerprint density at radius 2 is 2.39 bits per heavy atom. The summed E-state index contributed by atoms with van der Waals surface area (Å²) >= 11 is 7.17. The molecule has 18 heavy (non-hydrogen) atoms. The standard InChI is InChI=1S/C12H12ClN3OS/c1-9(17)18-7-3-2-4-10-8-14-12-6-5-11(13)15-16(10)12/h2,4-6,8H,3,7H2,1H3. The minimum Gasteiger partial charge on any atom is -0.288 e. The van der Waals surface area contributed by atoms with E-state index in [2.05, 4.69) is 10.1 Å². The Kier molecular flexibility index (Phi) is 4.38. The highest BCUT2D eigenvalue weighted by Crippen LogP contribution is 2.11. The van der Waals surface area contributed by atoms with Crippen LogP contribution in [0.15, 0.2) is 24.4 Å². The van der Waals surface area contributed by atoms with Crippen molar-refractivity contribution in [3.63, 3.8) is 0 Å². The monoisotopic (exact) mass is 281 g/mol. The van der Waals surface area contributed by atoms with Gasteiger partial charge >= 0.3 is 0 Å². The molecule has 2 aromatic heterocycles. The van der Waals surface area contributed by atoms with Crippen LogP contribution in [0, 0.1) is 0 Å². The number of aromatic nitrogens is 3. The van der Waals surface area contributed by atoms with Crippen LogP contribution in [0.2, 0.25) is 5.15 Å². The molecule has 0 bridgehead atoms. The van der Waals surface area contributed by atoms with Crippen LogP contribution < -0.4 is 0 Å². The van der Waals surface area contributed by atoms with E-state index in [1.54, 1.807) is 23.7 Å². The fourth-order valence-electron chi connectivity index (χ4n) is 1.46. The summed E-state index contributed by atoms with van der Waals surface area (Å²) in [5.41, 5.74) is 1.64. The Balaban J connectivity index is 2.05. The van der Waals surface area contributed by atoms with Crippen LogP contribution in [0.3, 0.4) is 0 Å². The van der Waals surface area contributed by atoms with E-state index >= 15 is 0 Å². The van der Waals surface area contributed by atoms with Crippen molar-refractivity contribution in [2.75, 3.05) is 5.75 Å². The van der Waals surface area contributed by atoms with Gasteiger partial charge in [0.25, 0.3) is 0 Å². The first-order chi connectivity index (χ1) is 8.66. The second kappa shape index (κ2) is 6.02. The normalized spacial score (nSPS) is 11.4. The third-order valence-electron chi connectivity index (χ3n) is 2.23. The Morgan fingerprint density at radius 1 is 1.56 bits per heavy atom. The van der Waals surface area contributed by atoms with E-state index in [9.17, 15) is 4.79 Å². The van der Waals surface area contributed by atoms with Crippen LogP contribution in [-0.2, 0) is 4.79 Å². The van der Waals surface area contributed by atoms with E-state index in [0.29, 0.717) is 5.15 Å². The maximum atomic E-state index is 10.7. The van der Waals surface area contributed by atoms with Gasteiger partial charge in [-0.15, -0.1) is 0 Å². The molecule has 6 heteroatoms. The zero-order valence-electron chi connectivity index (χ0n) is 9.84. The molecule has 0 saturated heterocycles. The van der Waals surface area contributed by atoms with Gasteiger partial charge in [0.05, 0.1) is 11.9 Å². The number of imidazole rings is 1. The number of hydrogen-bond acceptors (Lipinski definition) is 4. The largest absolute Gasteiger partial charge is 0.288 e. The van der Waals surface area contributed by atoms with Crippen LogP contribution in [0.25, 0.3) is 11.7 Å². The highest BCUT2D eigenvalue weighted by atomic mass is 35.5. The van der Waals surface area contributed by atoms with Gasteiger partial charge in [-0.25, -0.2) is 9.50 Å². The molecule has 0 N–H and O–H groups in total. The summed E-state index contributed by atoms with van der Waals surface area (Å²) in [5, 5.41) is 4.75. The number of carbonyl (C=O) groups excluding carboxylic acids is 1. The highest BCUT2D eigenvalue weighted by Gasteiger charge is 2.01. The first-order valence-corrected chi connectivity index (χ1v) is 6.83. The van der Waals surface area contributed by atoms with E-state index < -0.39 is 0 Å². The summed E-state index contributed by atoms with van der Waals surface area (Å²) in [6.45, 7) is 1.57. The number of halogens is 1. The lowest BCUT2D eigenvalue weighted by atomic mass is 10.3. The molecule has 0 spiro atoms. The van der Waals surface area contributed by atoms with Crippen molar-refractivity contribution in [1.29, 1.82) is 0 Å². The fraction of sp³-hybridized carbons (Fsp3) is 0.250.